The Morgan fingerprint density at radius 3 is 2.78 bits per heavy atom. The van der Waals surface area contributed by atoms with Gasteiger partial charge in [0.15, 0.2) is 5.65 Å². The highest BCUT2D eigenvalue weighted by Gasteiger charge is 2.34. The molecule has 3 aromatic heterocycles. The van der Waals surface area contributed by atoms with Crippen molar-refractivity contribution in [1.82, 2.24) is 34.6 Å². The van der Waals surface area contributed by atoms with E-state index in [2.05, 4.69) is 30.1 Å². The van der Waals surface area contributed by atoms with Crippen molar-refractivity contribution >= 4 is 21.5 Å². The van der Waals surface area contributed by atoms with E-state index in [-0.39, 0.29) is 17.0 Å². The first-order valence-corrected chi connectivity index (χ1v) is 11.9. The van der Waals surface area contributed by atoms with Crippen molar-refractivity contribution < 1.29 is 17.2 Å². The highest BCUT2D eigenvalue weighted by molar-refractivity contribution is 7.90. The Kier molecular flexibility index (Phi) is 5.47. The third-order valence-electron chi connectivity index (χ3n) is 5.78. The maximum Gasteiger partial charge on any atom is 0.282 e. The molecule has 2 aliphatic rings. The van der Waals surface area contributed by atoms with Crippen molar-refractivity contribution in [3.05, 3.63) is 36.4 Å². The van der Waals surface area contributed by atoms with E-state index < -0.39 is 16.4 Å². The summed E-state index contributed by atoms with van der Waals surface area (Å²) in [6.07, 6.45) is 1.80. The van der Waals surface area contributed by atoms with Gasteiger partial charge in [0, 0.05) is 38.3 Å². The molecule has 10 nitrogen and oxygen atoms in total. The molecule has 170 valence electrons. The number of hydrogen-bond donors (Lipinski definition) is 2. The van der Waals surface area contributed by atoms with E-state index in [0.717, 1.165) is 19.4 Å². The number of piperidine rings is 1. The number of sulfonamides is 1. The Balaban J connectivity index is 1.38. The smallest absolute Gasteiger partial charge is 0.282 e. The van der Waals surface area contributed by atoms with Gasteiger partial charge in [0.05, 0.1) is 11.9 Å². The van der Waals surface area contributed by atoms with Crippen LogP contribution in [0.1, 0.15) is 25.0 Å². The zero-order valence-electron chi connectivity index (χ0n) is 17.0. The first-order valence-electron chi connectivity index (χ1n) is 10.3. The molecule has 0 spiro atoms. The quantitative estimate of drug-likeness (QED) is 0.555. The monoisotopic (exact) mass is 464 g/mol. The van der Waals surface area contributed by atoms with E-state index in [1.165, 1.54) is 29.2 Å². The predicted octanol–water partition coefficient (Wildman–Crippen LogP) is 0.984. The number of halogens is 2. The molecule has 0 aromatic carbocycles. The molecule has 3 aromatic rings. The average Bonchev–Trinajstić information content (AvgIpc) is 3.15. The SMILES string of the molecule is O=S(=O)(N[C@H]1CCCN(c2cc(-c3cnc4ccc(C(F)F)nn34)ncn2)C1)C1CNC1. The number of imidazole rings is 1. The summed E-state index contributed by atoms with van der Waals surface area (Å²) < 4.78 is 55.3. The largest absolute Gasteiger partial charge is 0.355 e. The van der Waals surface area contributed by atoms with Crippen LogP contribution in [0.25, 0.3) is 17.0 Å². The van der Waals surface area contributed by atoms with Crippen LogP contribution in [-0.4, -0.2) is 70.5 Å². The standard InChI is InChI=1S/C19H22F2N8O2S/c20-19(21)14-3-4-17-23-9-16(29(17)26-14)15-6-18(25-11-24-15)28-5-1-2-12(10-28)27-32(30,31)13-7-22-8-13/h3-4,6,9,11-13,19,22,27H,1-2,5,7-8,10H2/t12-/m0/s1. The lowest BCUT2D eigenvalue weighted by atomic mass is 10.1. The Labute approximate surface area is 183 Å². The molecule has 2 aliphatic heterocycles. The third kappa shape index (κ3) is 4.02. The molecule has 32 heavy (non-hydrogen) atoms. The molecule has 0 saturated carbocycles. The number of rotatable bonds is 6. The number of nitrogens with one attached hydrogen (secondary N) is 2. The van der Waals surface area contributed by atoms with Crippen LogP contribution in [-0.2, 0) is 10.0 Å². The number of fused-ring (bicyclic) bond motifs is 1. The lowest BCUT2D eigenvalue weighted by Gasteiger charge is -2.35. The summed E-state index contributed by atoms with van der Waals surface area (Å²) >= 11 is 0. The second-order valence-corrected chi connectivity index (χ2v) is 9.95. The lowest BCUT2D eigenvalue weighted by Crippen LogP contribution is -2.58. The van der Waals surface area contributed by atoms with Crippen molar-refractivity contribution in [3.8, 4) is 11.4 Å². The fraction of sp³-hybridized carbons (Fsp3) is 0.474. The topological polar surface area (TPSA) is 117 Å². The summed E-state index contributed by atoms with van der Waals surface area (Å²) in [6, 6.07) is 4.27. The number of aromatic nitrogens is 5. The number of alkyl halides is 2. The Hall–Kier alpha value is -2.77. The minimum absolute atomic E-state index is 0.209. The fourth-order valence-electron chi connectivity index (χ4n) is 3.93. The van der Waals surface area contributed by atoms with Crippen LogP contribution in [0.2, 0.25) is 0 Å². The van der Waals surface area contributed by atoms with Gasteiger partial charge in [-0.1, -0.05) is 0 Å². The molecule has 5 heterocycles. The minimum Gasteiger partial charge on any atom is -0.355 e. The van der Waals surface area contributed by atoms with Crippen LogP contribution < -0.4 is 14.9 Å². The molecular formula is C19H22F2N8O2S. The molecule has 0 aliphatic carbocycles. The van der Waals surface area contributed by atoms with Crippen molar-refractivity contribution in [3.63, 3.8) is 0 Å². The maximum absolute atomic E-state index is 13.1. The highest BCUT2D eigenvalue weighted by atomic mass is 32.2. The van der Waals surface area contributed by atoms with Crippen LogP contribution in [0, 0.1) is 0 Å². The molecule has 2 saturated heterocycles. The van der Waals surface area contributed by atoms with Crippen molar-refractivity contribution in [2.45, 2.75) is 30.6 Å². The summed E-state index contributed by atoms with van der Waals surface area (Å²) in [5.74, 6) is 0.629. The van der Waals surface area contributed by atoms with Gasteiger partial charge in [-0.25, -0.2) is 41.4 Å². The molecule has 2 fully saturated rings. The van der Waals surface area contributed by atoms with E-state index in [9.17, 15) is 17.2 Å². The predicted molar refractivity (Wildman–Crippen MR) is 113 cm³/mol. The average molecular weight is 465 g/mol. The van der Waals surface area contributed by atoms with Crippen molar-refractivity contribution in [1.29, 1.82) is 0 Å². The summed E-state index contributed by atoms with van der Waals surface area (Å²) in [6.45, 7) is 2.15. The van der Waals surface area contributed by atoms with Crippen molar-refractivity contribution in [2.24, 2.45) is 0 Å². The number of nitrogens with zero attached hydrogens (tertiary/aromatic N) is 6. The highest BCUT2D eigenvalue weighted by Crippen LogP contribution is 2.25. The number of hydrogen-bond acceptors (Lipinski definition) is 8. The van der Waals surface area contributed by atoms with Crippen molar-refractivity contribution in [2.75, 3.05) is 31.1 Å². The van der Waals surface area contributed by atoms with Gasteiger partial charge in [0.2, 0.25) is 10.0 Å². The molecular weight excluding hydrogens is 442 g/mol. The van der Waals surface area contributed by atoms with Crippen LogP contribution in [0.5, 0.6) is 0 Å². The van der Waals surface area contributed by atoms with E-state index in [1.807, 2.05) is 4.90 Å². The Morgan fingerprint density at radius 2 is 2.03 bits per heavy atom. The van der Waals surface area contributed by atoms with Gasteiger partial charge in [0.1, 0.15) is 28.8 Å². The first-order chi connectivity index (χ1) is 15.4. The summed E-state index contributed by atoms with van der Waals surface area (Å²) in [7, 11) is -3.36. The Morgan fingerprint density at radius 1 is 1.19 bits per heavy atom. The van der Waals surface area contributed by atoms with E-state index in [1.54, 1.807) is 6.07 Å². The second-order valence-electron chi connectivity index (χ2n) is 7.96. The zero-order chi connectivity index (χ0) is 22.3. The summed E-state index contributed by atoms with van der Waals surface area (Å²) in [5.41, 5.74) is 1.05. The molecule has 0 unspecified atom stereocenters. The second kappa shape index (κ2) is 8.30. The van der Waals surface area contributed by atoms with E-state index in [0.29, 0.717) is 42.5 Å². The minimum atomic E-state index is -3.36. The lowest BCUT2D eigenvalue weighted by molar-refractivity contribution is 0.144. The molecule has 0 amide bonds. The van der Waals surface area contributed by atoms with E-state index in [4.69, 9.17) is 0 Å². The summed E-state index contributed by atoms with van der Waals surface area (Å²) in [4.78, 5) is 14.8. The van der Waals surface area contributed by atoms with Gasteiger partial charge >= 0.3 is 0 Å². The van der Waals surface area contributed by atoms with Crippen LogP contribution >= 0.6 is 0 Å². The summed E-state index contributed by atoms with van der Waals surface area (Å²) in [5, 5.41) is 6.58. The molecule has 0 bridgehead atoms. The fourth-order valence-corrected chi connectivity index (χ4v) is 5.45. The zero-order valence-corrected chi connectivity index (χ0v) is 17.8. The molecule has 5 rings (SSSR count). The van der Waals surface area contributed by atoms with E-state index >= 15 is 0 Å². The van der Waals surface area contributed by atoms with Gasteiger partial charge in [-0.15, -0.1) is 0 Å². The van der Waals surface area contributed by atoms with Gasteiger partial charge in [-0.05, 0) is 25.0 Å². The number of anilines is 1. The van der Waals surface area contributed by atoms with Gasteiger partial charge < -0.3 is 10.2 Å². The molecule has 1 atom stereocenters. The van der Waals surface area contributed by atoms with Gasteiger partial charge in [0.25, 0.3) is 6.43 Å². The maximum atomic E-state index is 13.1. The third-order valence-corrected chi connectivity index (χ3v) is 7.65. The van der Waals surface area contributed by atoms with Gasteiger partial charge in [-0.2, -0.15) is 5.10 Å². The Bertz CT molecular complexity index is 1230. The first kappa shape index (κ1) is 21.1. The molecule has 0 radical (unpaired) electrons. The van der Waals surface area contributed by atoms with Crippen LogP contribution in [0.4, 0.5) is 14.6 Å². The van der Waals surface area contributed by atoms with Crippen LogP contribution in [0.15, 0.2) is 30.7 Å². The van der Waals surface area contributed by atoms with Crippen LogP contribution in [0.3, 0.4) is 0 Å². The molecule has 2 N–H and O–H groups in total. The van der Waals surface area contributed by atoms with Gasteiger partial charge in [-0.3, -0.25) is 0 Å². The molecule has 13 heteroatoms. The normalized spacial score (nSPS) is 20.1.